The number of imidazole rings is 1. The van der Waals surface area contributed by atoms with Gasteiger partial charge in [0.15, 0.2) is 0 Å². The Morgan fingerprint density at radius 1 is 1.05 bits per heavy atom. The zero-order valence-electron chi connectivity index (χ0n) is 12.2. The summed E-state index contributed by atoms with van der Waals surface area (Å²) in [6.07, 6.45) is 3.12. The summed E-state index contributed by atoms with van der Waals surface area (Å²) in [7, 11) is 0. The Labute approximate surface area is 146 Å². The van der Waals surface area contributed by atoms with Gasteiger partial charge in [0.2, 0.25) is 0 Å². The van der Waals surface area contributed by atoms with Crippen molar-refractivity contribution < 1.29 is 32.7 Å². The SMILES string of the molecule is Cc1cccc2n[c-]n(C(C)c3ccccc3)c12.[CH3-].[Y]. The molecule has 1 aromatic heterocycles. The Hall–Kier alpha value is -0.986. The van der Waals surface area contributed by atoms with E-state index in [4.69, 9.17) is 0 Å². The summed E-state index contributed by atoms with van der Waals surface area (Å²) in [5.74, 6) is 0. The number of hydrogen-bond donors (Lipinski definition) is 0. The first kappa shape index (κ1) is 17.1. The molecule has 0 aliphatic heterocycles. The first-order chi connectivity index (χ1) is 8.77. The molecule has 0 fully saturated rings. The van der Waals surface area contributed by atoms with E-state index in [1.165, 1.54) is 16.6 Å². The minimum absolute atomic E-state index is 0. The van der Waals surface area contributed by atoms with E-state index in [0.717, 1.165) is 5.52 Å². The molecule has 0 saturated carbocycles. The van der Waals surface area contributed by atoms with E-state index < -0.39 is 0 Å². The molecule has 2 aromatic carbocycles. The van der Waals surface area contributed by atoms with Crippen LogP contribution in [-0.2, 0) is 32.7 Å². The van der Waals surface area contributed by atoms with Crippen molar-refractivity contribution in [2.45, 2.75) is 19.9 Å². The fourth-order valence-electron chi connectivity index (χ4n) is 2.37. The summed E-state index contributed by atoms with van der Waals surface area (Å²) in [4.78, 5) is 4.36. The molecule has 0 amide bonds. The fraction of sp³-hybridized carbons (Fsp3) is 0.176. The molecule has 0 aliphatic rings. The van der Waals surface area contributed by atoms with Gasteiger partial charge in [0, 0.05) is 45.1 Å². The minimum atomic E-state index is 0. The Bertz CT molecular complexity index is 674. The largest absolute Gasteiger partial charge is 0.441 e. The number of aromatic nitrogens is 2. The molecule has 0 spiro atoms. The normalized spacial score (nSPS) is 11.5. The van der Waals surface area contributed by atoms with Gasteiger partial charge < -0.3 is 17.0 Å². The minimum Gasteiger partial charge on any atom is -0.441 e. The first-order valence-electron chi connectivity index (χ1n) is 6.17. The van der Waals surface area contributed by atoms with E-state index in [2.05, 4.69) is 60.1 Å². The zero-order chi connectivity index (χ0) is 12.5. The summed E-state index contributed by atoms with van der Waals surface area (Å²) in [6, 6.07) is 16.9. The summed E-state index contributed by atoms with van der Waals surface area (Å²) in [5.41, 5.74) is 4.70. The molecular weight excluding hydrogens is 321 g/mol. The molecule has 3 heteroatoms. The van der Waals surface area contributed by atoms with Crippen molar-refractivity contribution in [3.63, 3.8) is 0 Å². The van der Waals surface area contributed by atoms with Gasteiger partial charge in [-0.05, 0) is 12.5 Å². The van der Waals surface area contributed by atoms with E-state index >= 15 is 0 Å². The average molecular weight is 339 g/mol. The van der Waals surface area contributed by atoms with Gasteiger partial charge in [-0.25, -0.2) is 0 Å². The molecule has 3 rings (SSSR count). The molecule has 3 aromatic rings. The Morgan fingerprint density at radius 3 is 2.45 bits per heavy atom. The van der Waals surface area contributed by atoms with Gasteiger partial charge in [-0.1, -0.05) is 66.0 Å². The van der Waals surface area contributed by atoms with Crippen LogP contribution in [0.4, 0.5) is 0 Å². The van der Waals surface area contributed by atoms with Gasteiger partial charge in [0.05, 0.1) is 0 Å². The summed E-state index contributed by atoms with van der Waals surface area (Å²) >= 11 is 0. The second-order valence-electron chi connectivity index (χ2n) is 4.61. The van der Waals surface area contributed by atoms with Crippen molar-refractivity contribution in [3.05, 3.63) is 73.4 Å². The van der Waals surface area contributed by atoms with Gasteiger partial charge in [0.1, 0.15) is 0 Å². The van der Waals surface area contributed by atoms with Crippen LogP contribution in [0.3, 0.4) is 0 Å². The predicted octanol–water partition coefficient (Wildman–Crippen LogP) is 4.20. The van der Waals surface area contributed by atoms with Crippen LogP contribution < -0.4 is 0 Å². The first-order valence-corrected chi connectivity index (χ1v) is 6.17. The Morgan fingerprint density at radius 2 is 1.75 bits per heavy atom. The molecule has 20 heavy (non-hydrogen) atoms. The topological polar surface area (TPSA) is 17.8 Å². The van der Waals surface area contributed by atoms with Crippen LogP contribution in [0.5, 0.6) is 0 Å². The average Bonchev–Trinajstić information content (AvgIpc) is 2.84. The van der Waals surface area contributed by atoms with Crippen molar-refractivity contribution in [1.29, 1.82) is 0 Å². The quantitative estimate of drug-likeness (QED) is 0.640. The van der Waals surface area contributed by atoms with Crippen LogP contribution in [0.2, 0.25) is 0 Å². The summed E-state index contributed by atoms with van der Waals surface area (Å²) in [5, 5.41) is 0. The van der Waals surface area contributed by atoms with Crippen LogP contribution in [-0.4, -0.2) is 9.55 Å². The molecule has 0 aliphatic carbocycles. The van der Waals surface area contributed by atoms with Gasteiger partial charge in [-0.2, -0.15) is 0 Å². The van der Waals surface area contributed by atoms with E-state index in [-0.39, 0.29) is 46.2 Å². The molecular formula is C17H18N2Y-2. The van der Waals surface area contributed by atoms with E-state index in [1.54, 1.807) is 0 Å². The Kier molecular flexibility index (Phi) is 6.10. The smallest absolute Gasteiger partial charge is 0.0339 e. The molecule has 0 N–H and O–H groups in total. The second kappa shape index (κ2) is 7.15. The molecule has 1 radical (unpaired) electrons. The molecule has 1 unspecified atom stereocenters. The van der Waals surface area contributed by atoms with E-state index in [1.807, 2.05) is 18.2 Å². The molecule has 101 valence electrons. The molecule has 1 atom stereocenters. The number of nitrogens with zero attached hydrogens (tertiary/aromatic N) is 2. The third-order valence-electron chi connectivity index (χ3n) is 3.40. The van der Waals surface area contributed by atoms with Crippen LogP contribution in [0.1, 0.15) is 24.1 Å². The van der Waals surface area contributed by atoms with E-state index in [9.17, 15) is 0 Å². The molecule has 0 bridgehead atoms. The maximum absolute atomic E-state index is 4.36. The maximum atomic E-state index is 4.36. The monoisotopic (exact) mass is 339 g/mol. The van der Waals surface area contributed by atoms with Crippen LogP contribution in [0, 0.1) is 20.7 Å². The van der Waals surface area contributed by atoms with Crippen molar-refractivity contribution >= 4 is 11.0 Å². The van der Waals surface area contributed by atoms with Crippen molar-refractivity contribution in [3.8, 4) is 0 Å². The standard InChI is InChI=1S/C16H15N2.CH3.Y/c1-12-7-6-10-15-16(12)18(11-17-15)13(2)14-8-4-3-5-9-14;;/h3-10,13H,1-2H3;1H3;/q2*-1;. The number of fused-ring (bicyclic) bond motifs is 1. The van der Waals surface area contributed by atoms with Crippen LogP contribution >= 0.6 is 0 Å². The number of para-hydroxylation sites is 1. The van der Waals surface area contributed by atoms with Crippen molar-refractivity contribution in [2.75, 3.05) is 0 Å². The van der Waals surface area contributed by atoms with Crippen LogP contribution in [0.25, 0.3) is 11.0 Å². The predicted molar refractivity (Wildman–Crippen MR) is 80.0 cm³/mol. The molecule has 1 heterocycles. The second-order valence-corrected chi connectivity index (χ2v) is 4.61. The third kappa shape index (κ3) is 3.02. The van der Waals surface area contributed by atoms with Crippen LogP contribution in [0.15, 0.2) is 48.5 Å². The fourth-order valence-corrected chi connectivity index (χ4v) is 2.37. The maximum Gasteiger partial charge on any atom is 0.0339 e. The van der Waals surface area contributed by atoms with Gasteiger partial charge in [-0.15, -0.1) is 6.07 Å². The van der Waals surface area contributed by atoms with Gasteiger partial charge in [0.25, 0.3) is 0 Å². The summed E-state index contributed by atoms with van der Waals surface area (Å²) in [6.45, 7) is 4.30. The summed E-state index contributed by atoms with van der Waals surface area (Å²) < 4.78 is 2.12. The van der Waals surface area contributed by atoms with Crippen molar-refractivity contribution in [2.24, 2.45) is 0 Å². The number of hydrogen-bond acceptors (Lipinski definition) is 1. The Balaban J connectivity index is 0.000001000. The van der Waals surface area contributed by atoms with Crippen molar-refractivity contribution in [1.82, 2.24) is 9.55 Å². The number of rotatable bonds is 2. The molecule has 2 nitrogen and oxygen atoms in total. The number of aryl methyl sites for hydroxylation is 1. The third-order valence-corrected chi connectivity index (χ3v) is 3.40. The van der Waals surface area contributed by atoms with E-state index in [0.29, 0.717) is 0 Å². The van der Waals surface area contributed by atoms with Gasteiger partial charge in [-0.3, -0.25) is 0 Å². The zero-order valence-corrected chi connectivity index (χ0v) is 15.0. The number of benzene rings is 2. The van der Waals surface area contributed by atoms with Gasteiger partial charge >= 0.3 is 0 Å². The molecule has 0 saturated heterocycles.